The van der Waals surface area contributed by atoms with Crippen molar-refractivity contribution in [3.8, 4) is 0 Å². The molecule has 0 aliphatic carbocycles. The van der Waals surface area contributed by atoms with Gasteiger partial charge in [-0.25, -0.2) is 12.8 Å². The average Bonchev–Trinajstić information content (AvgIpc) is 2.63. The molecule has 1 amide bonds. The van der Waals surface area contributed by atoms with Crippen LogP contribution in [0.5, 0.6) is 0 Å². The molecule has 29 heavy (non-hydrogen) atoms. The van der Waals surface area contributed by atoms with Crippen LogP contribution in [0.2, 0.25) is 0 Å². The Labute approximate surface area is 166 Å². The summed E-state index contributed by atoms with van der Waals surface area (Å²) in [5, 5.41) is 2.48. The predicted octanol–water partition coefficient (Wildman–Crippen LogP) is 3.71. The standard InChI is InChI=1S/C19H20F4N2O3S/c1-3-17(25(29(2,27)28)16-9-7-15(20)8-10-16)18(26)24-12-13-5-4-6-14(11-13)19(21,22)23/h4-11,17H,3,12H2,1-2H3,(H,24,26). The van der Waals surface area contributed by atoms with Gasteiger partial charge < -0.3 is 5.32 Å². The van der Waals surface area contributed by atoms with Crippen molar-refractivity contribution in [1.29, 1.82) is 0 Å². The first kappa shape index (κ1) is 22.7. The lowest BCUT2D eigenvalue weighted by Gasteiger charge is -2.30. The Balaban J connectivity index is 2.23. The number of hydrogen-bond donors (Lipinski definition) is 1. The van der Waals surface area contributed by atoms with Gasteiger partial charge in [0.25, 0.3) is 0 Å². The van der Waals surface area contributed by atoms with Gasteiger partial charge in [0.15, 0.2) is 0 Å². The van der Waals surface area contributed by atoms with E-state index in [4.69, 9.17) is 0 Å². The lowest BCUT2D eigenvalue weighted by atomic mass is 10.1. The monoisotopic (exact) mass is 432 g/mol. The summed E-state index contributed by atoms with van der Waals surface area (Å²) in [6, 6.07) is 7.93. The molecule has 2 aromatic rings. The van der Waals surface area contributed by atoms with Crippen LogP contribution in [0.4, 0.5) is 23.2 Å². The van der Waals surface area contributed by atoms with Gasteiger partial charge in [-0.2, -0.15) is 13.2 Å². The highest BCUT2D eigenvalue weighted by Crippen LogP contribution is 2.29. The van der Waals surface area contributed by atoms with Crippen molar-refractivity contribution >= 4 is 21.6 Å². The van der Waals surface area contributed by atoms with E-state index < -0.39 is 39.5 Å². The molecule has 0 aliphatic heterocycles. The number of rotatable bonds is 7. The predicted molar refractivity (Wildman–Crippen MR) is 101 cm³/mol. The second-order valence-corrected chi connectivity index (χ2v) is 8.23. The topological polar surface area (TPSA) is 66.5 Å². The van der Waals surface area contributed by atoms with Crippen LogP contribution in [0, 0.1) is 5.82 Å². The Morgan fingerprint density at radius 2 is 1.76 bits per heavy atom. The lowest BCUT2D eigenvalue weighted by Crippen LogP contribution is -2.49. The summed E-state index contributed by atoms with van der Waals surface area (Å²) in [5.41, 5.74) is -0.522. The normalized spacial score (nSPS) is 13.0. The fraction of sp³-hybridized carbons (Fsp3) is 0.316. The molecule has 2 rings (SSSR count). The zero-order chi connectivity index (χ0) is 21.8. The van der Waals surface area contributed by atoms with Gasteiger partial charge >= 0.3 is 6.18 Å². The van der Waals surface area contributed by atoms with Crippen LogP contribution >= 0.6 is 0 Å². The van der Waals surface area contributed by atoms with E-state index in [-0.39, 0.29) is 24.2 Å². The molecular weight excluding hydrogens is 412 g/mol. The number of sulfonamides is 1. The summed E-state index contributed by atoms with van der Waals surface area (Å²) in [4.78, 5) is 12.6. The molecule has 0 aliphatic rings. The Morgan fingerprint density at radius 1 is 1.14 bits per heavy atom. The number of amides is 1. The number of alkyl halides is 3. The molecule has 5 nitrogen and oxygen atoms in total. The second kappa shape index (κ2) is 8.81. The Hall–Kier alpha value is -2.62. The van der Waals surface area contributed by atoms with Crippen molar-refractivity contribution in [3.63, 3.8) is 0 Å². The van der Waals surface area contributed by atoms with Crippen molar-refractivity contribution in [2.24, 2.45) is 0 Å². The number of halogens is 4. The maximum Gasteiger partial charge on any atom is 0.416 e. The van der Waals surface area contributed by atoms with Gasteiger partial charge in [0.05, 0.1) is 17.5 Å². The van der Waals surface area contributed by atoms with Gasteiger partial charge in [-0.05, 0) is 48.4 Å². The number of anilines is 1. The smallest absolute Gasteiger partial charge is 0.350 e. The van der Waals surface area contributed by atoms with Crippen LogP contribution in [0.25, 0.3) is 0 Å². The van der Waals surface area contributed by atoms with Gasteiger partial charge in [0, 0.05) is 6.54 Å². The number of benzene rings is 2. The maximum absolute atomic E-state index is 13.2. The molecule has 158 valence electrons. The number of hydrogen-bond acceptors (Lipinski definition) is 3. The Kier molecular flexibility index (Phi) is 6.89. The summed E-state index contributed by atoms with van der Waals surface area (Å²) < 4.78 is 77.1. The second-order valence-electron chi connectivity index (χ2n) is 6.38. The fourth-order valence-corrected chi connectivity index (χ4v) is 4.02. The van der Waals surface area contributed by atoms with Crippen LogP contribution in [0.3, 0.4) is 0 Å². The SMILES string of the molecule is CCC(C(=O)NCc1cccc(C(F)(F)F)c1)N(c1ccc(F)cc1)S(C)(=O)=O. The summed E-state index contributed by atoms with van der Waals surface area (Å²) in [6.07, 6.45) is -3.50. The summed E-state index contributed by atoms with van der Waals surface area (Å²) in [6.45, 7) is 1.39. The molecule has 1 atom stereocenters. The number of carbonyl (C=O) groups excluding carboxylic acids is 1. The van der Waals surface area contributed by atoms with Crippen LogP contribution in [0.15, 0.2) is 48.5 Å². The largest absolute Gasteiger partial charge is 0.416 e. The highest BCUT2D eigenvalue weighted by atomic mass is 32.2. The summed E-state index contributed by atoms with van der Waals surface area (Å²) in [5.74, 6) is -1.25. The molecule has 0 radical (unpaired) electrons. The van der Waals surface area contributed by atoms with E-state index in [0.717, 1.165) is 34.8 Å². The average molecular weight is 432 g/mol. The van der Waals surface area contributed by atoms with Crippen LogP contribution < -0.4 is 9.62 Å². The highest BCUT2D eigenvalue weighted by Gasteiger charge is 2.32. The first-order valence-corrected chi connectivity index (χ1v) is 10.5. The van der Waals surface area contributed by atoms with Crippen LogP contribution in [0.1, 0.15) is 24.5 Å². The molecule has 0 bridgehead atoms. The van der Waals surface area contributed by atoms with Crippen molar-refractivity contribution < 1.29 is 30.8 Å². The van der Waals surface area contributed by atoms with Crippen molar-refractivity contribution in [2.45, 2.75) is 32.1 Å². The molecule has 2 aromatic carbocycles. The molecule has 0 heterocycles. The highest BCUT2D eigenvalue weighted by molar-refractivity contribution is 7.92. The third-order valence-electron chi connectivity index (χ3n) is 4.13. The number of carbonyl (C=O) groups is 1. The van der Waals surface area contributed by atoms with Gasteiger partial charge in [-0.3, -0.25) is 9.10 Å². The minimum absolute atomic E-state index is 0.0961. The van der Waals surface area contributed by atoms with Crippen molar-refractivity contribution in [1.82, 2.24) is 5.32 Å². The van der Waals surface area contributed by atoms with Crippen molar-refractivity contribution in [3.05, 3.63) is 65.5 Å². The lowest BCUT2D eigenvalue weighted by molar-refractivity contribution is -0.137. The molecule has 0 saturated carbocycles. The fourth-order valence-electron chi connectivity index (χ4n) is 2.81. The molecule has 10 heteroatoms. The van der Waals surface area contributed by atoms with Crippen molar-refractivity contribution in [2.75, 3.05) is 10.6 Å². The first-order chi connectivity index (χ1) is 13.4. The number of nitrogens with zero attached hydrogens (tertiary/aromatic N) is 1. The van der Waals surface area contributed by atoms with Gasteiger partial charge in [0.1, 0.15) is 11.9 Å². The molecule has 1 N–H and O–H groups in total. The minimum atomic E-state index is -4.51. The van der Waals surface area contributed by atoms with Crippen LogP contribution in [-0.4, -0.2) is 26.6 Å². The molecule has 0 saturated heterocycles. The van der Waals surface area contributed by atoms with E-state index >= 15 is 0 Å². The molecule has 0 aromatic heterocycles. The first-order valence-electron chi connectivity index (χ1n) is 8.62. The van der Waals surface area contributed by atoms with E-state index in [2.05, 4.69) is 5.32 Å². The Bertz CT molecular complexity index is 960. The minimum Gasteiger partial charge on any atom is -0.350 e. The zero-order valence-corrected chi connectivity index (χ0v) is 16.5. The molecule has 0 spiro atoms. The molecule has 1 unspecified atom stereocenters. The van der Waals surface area contributed by atoms with E-state index in [1.54, 1.807) is 6.92 Å². The van der Waals surface area contributed by atoms with Gasteiger partial charge in [-0.1, -0.05) is 19.1 Å². The molecule has 0 fully saturated rings. The third-order valence-corrected chi connectivity index (χ3v) is 5.31. The third kappa shape index (κ3) is 5.93. The van der Waals surface area contributed by atoms with Gasteiger partial charge in [-0.15, -0.1) is 0 Å². The zero-order valence-electron chi connectivity index (χ0n) is 15.7. The maximum atomic E-state index is 13.2. The van der Waals surface area contributed by atoms with E-state index in [9.17, 15) is 30.8 Å². The Morgan fingerprint density at radius 3 is 2.28 bits per heavy atom. The summed E-state index contributed by atoms with van der Waals surface area (Å²) in [7, 11) is -3.89. The van der Waals surface area contributed by atoms with Gasteiger partial charge in [0.2, 0.25) is 15.9 Å². The quantitative estimate of drug-likeness (QED) is 0.679. The molecular formula is C19H20F4N2O3S. The van der Waals surface area contributed by atoms with E-state index in [1.807, 2.05) is 0 Å². The number of nitrogens with one attached hydrogen (secondary N) is 1. The van der Waals surface area contributed by atoms with E-state index in [1.165, 1.54) is 24.3 Å². The summed E-state index contributed by atoms with van der Waals surface area (Å²) >= 11 is 0. The van der Waals surface area contributed by atoms with E-state index in [0.29, 0.717) is 0 Å². The van der Waals surface area contributed by atoms with Crippen LogP contribution in [-0.2, 0) is 27.5 Å².